The Kier molecular flexibility index (Phi) is 4.10. The lowest BCUT2D eigenvalue weighted by atomic mass is 10.1. The lowest BCUT2D eigenvalue weighted by Crippen LogP contribution is -2.18. The van der Waals surface area contributed by atoms with Crippen LogP contribution in [-0.4, -0.2) is 16.1 Å². The molecule has 18 heavy (non-hydrogen) atoms. The smallest absolute Gasteiger partial charge is 0.123 e. The highest BCUT2D eigenvalue weighted by Crippen LogP contribution is 2.09. The van der Waals surface area contributed by atoms with Gasteiger partial charge in [0.25, 0.3) is 0 Å². The van der Waals surface area contributed by atoms with Gasteiger partial charge in [-0.3, -0.25) is 0 Å². The van der Waals surface area contributed by atoms with Crippen LogP contribution in [0.5, 0.6) is 0 Å². The molecule has 0 saturated heterocycles. The SMILES string of the molecule is Cc1cc(F)ccc1CNCCc1nccn1C. The van der Waals surface area contributed by atoms with Crippen LogP contribution < -0.4 is 5.32 Å². The van der Waals surface area contributed by atoms with Gasteiger partial charge in [-0.25, -0.2) is 9.37 Å². The van der Waals surface area contributed by atoms with Crippen molar-refractivity contribution in [2.75, 3.05) is 6.54 Å². The van der Waals surface area contributed by atoms with E-state index in [0.29, 0.717) is 0 Å². The van der Waals surface area contributed by atoms with Gasteiger partial charge in [0.05, 0.1) is 0 Å². The first-order valence-corrected chi connectivity index (χ1v) is 6.09. The van der Waals surface area contributed by atoms with Crippen molar-refractivity contribution in [3.05, 3.63) is 53.4 Å². The van der Waals surface area contributed by atoms with E-state index in [1.54, 1.807) is 12.3 Å². The average Bonchev–Trinajstić information content (AvgIpc) is 2.73. The Morgan fingerprint density at radius 1 is 1.39 bits per heavy atom. The first-order valence-electron chi connectivity index (χ1n) is 6.09. The van der Waals surface area contributed by atoms with Crippen molar-refractivity contribution in [2.45, 2.75) is 19.9 Å². The van der Waals surface area contributed by atoms with Gasteiger partial charge in [-0.1, -0.05) is 6.07 Å². The summed E-state index contributed by atoms with van der Waals surface area (Å²) in [5.74, 6) is 0.891. The summed E-state index contributed by atoms with van der Waals surface area (Å²) >= 11 is 0. The van der Waals surface area contributed by atoms with Crippen molar-refractivity contribution in [1.29, 1.82) is 0 Å². The summed E-state index contributed by atoms with van der Waals surface area (Å²) in [6.07, 6.45) is 4.64. The molecule has 3 nitrogen and oxygen atoms in total. The maximum absolute atomic E-state index is 12.9. The minimum absolute atomic E-state index is 0.177. The zero-order valence-corrected chi connectivity index (χ0v) is 10.8. The monoisotopic (exact) mass is 247 g/mol. The van der Waals surface area contributed by atoms with Gasteiger partial charge >= 0.3 is 0 Å². The molecule has 1 aromatic carbocycles. The van der Waals surface area contributed by atoms with E-state index in [-0.39, 0.29) is 5.82 Å². The number of halogens is 1. The second kappa shape index (κ2) is 5.78. The van der Waals surface area contributed by atoms with Gasteiger partial charge in [0.1, 0.15) is 11.6 Å². The van der Waals surface area contributed by atoms with Crippen LogP contribution in [0.15, 0.2) is 30.6 Å². The second-order valence-corrected chi connectivity index (χ2v) is 4.45. The molecule has 0 aliphatic carbocycles. The maximum atomic E-state index is 12.9. The number of aromatic nitrogens is 2. The van der Waals surface area contributed by atoms with Gasteiger partial charge in [0.2, 0.25) is 0 Å². The van der Waals surface area contributed by atoms with E-state index >= 15 is 0 Å². The summed E-state index contributed by atoms with van der Waals surface area (Å²) in [6.45, 7) is 3.55. The van der Waals surface area contributed by atoms with Gasteiger partial charge in [-0.2, -0.15) is 0 Å². The summed E-state index contributed by atoms with van der Waals surface area (Å²) in [5, 5.41) is 3.35. The Morgan fingerprint density at radius 2 is 2.22 bits per heavy atom. The average molecular weight is 247 g/mol. The number of hydrogen-bond acceptors (Lipinski definition) is 2. The predicted octanol–water partition coefficient (Wildman–Crippen LogP) is 2.20. The minimum atomic E-state index is -0.177. The summed E-state index contributed by atoms with van der Waals surface area (Å²) in [5.41, 5.74) is 2.12. The summed E-state index contributed by atoms with van der Waals surface area (Å²) in [7, 11) is 1.99. The summed E-state index contributed by atoms with van der Waals surface area (Å²) in [4.78, 5) is 4.26. The fourth-order valence-electron chi connectivity index (χ4n) is 1.92. The van der Waals surface area contributed by atoms with Crippen molar-refractivity contribution in [3.8, 4) is 0 Å². The molecule has 0 spiro atoms. The number of nitrogens with one attached hydrogen (secondary N) is 1. The molecule has 0 saturated carbocycles. The highest BCUT2D eigenvalue weighted by molar-refractivity contribution is 5.26. The first kappa shape index (κ1) is 12.8. The van der Waals surface area contributed by atoms with E-state index < -0.39 is 0 Å². The van der Waals surface area contributed by atoms with Gasteiger partial charge in [-0.05, 0) is 30.2 Å². The van der Waals surface area contributed by atoms with Crippen LogP contribution in [0.3, 0.4) is 0 Å². The molecule has 0 aliphatic heterocycles. The van der Waals surface area contributed by atoms with Crippen LogP contribution in [0.4, 0.5) is 4.39 Å². The Bertz CT molecular complexity index is 520. The first-order chi connectivity index (χ1) is 8.66. The van der Waals surface area contributed by atoms with E-state index in [1.165, 1.54) is 6.07 Å². The lowest BCUT2D eigenvalue weighted by molar-refractivity contribution is 0.621. The quantitative estimate of drug-likeness (QED) is 0.821. The molecular formula is C14H18FN3. The van der Waals surface area contributed by atoms with Crippen LogP contribution in [0, 0.1) is 12.7 Å². The summed E-state index contributed by atoms with van der Waals surface area (Å²) < 4.78 is 15.0. The Hall–Kier alpha value is -1.68. The molecule has 1 aromatic heterocycles. The molecule has 4 heteroatoms. The third-order valence-electron chi connectivity index (χ3n) is 3.07. The fraction of sp³-hybridized carbons (Fsp3) is 0.357. The lowest BCUT2D eigenvalue weighted by Gasteiger charge is -2.08. The van der Waals surface area contributed by atoms with E-state index in [4.69, 9.17) is 0 Å². The van der Waals surface area contributed by atoms with Crippen molar-refractivity contribution in [1.82, 2.24) is 14.9 Å². The van der Waals surface area contributed by atoms with Crippen molar-refractivity contribution in [2.24, 2.45) is 7.05 Å². The summed E-state index contributed by atoms with van der Waals surface area (Å²) in [6, 6.07) is 4.90. The Labute approximate surface area is 107 Å². The van der Waals surface area contributed by atoms with Crippen LogP contribution in [0.1, 0.15) is 17.0 Å². The van der Waals surface area contributed by atoms with E-state index in [1.807, 2.05) is 30.8 Å². The third kappa shape index (κ3) is 3.17. The molecular weight excluding hydrogens is 229 g/mol. The predicted molar refractivity (Wildman–Crippen MR) is 69.8 cm³/mol. The molecule has 0 amide bonds. The molecule has 1 heterocycles. The number of nitrogens with zero attached hydrogens (tertiary/aromatic N) is 2. The highest BCUT2D eigenvalue weighted by Gasteiger charge is 2.01. The topological polar surface area (TPSA) is 29.9 Å². The highest BCUT2D eigenvalue weighted by atomic mass is 19.1. The standard InChI is InChI=1S/C14H18FN3/c1-11-9-13(15)4-3-12(11)10-16-6-5-14-17-7-8-18(14)2/h3-4,7-9,16H,5-6,10H2,1-2H3. The fourth-order valence-corrected chi connectivity index (χ4v) is 1.92. The molecule has 0 radical (unpaired) electrons. The molecule has 96 valence electrons. The number of imidazole rings is 1. The molecule has 0 unspecified atom stereocenters. The number of aryl methyl sites for hydroxylation is 2. The number of rotatable bonds is 5. The van der Waals surface area contributed by atoms with Crippen molar-refractivity contribution >= 4 is 0 Å². The van der Waals surface area contributed by atoms with Crippen molar-refractivity contribution < 1.29 is 4.39 Å². The third-order valence-corrected chi connectivity index (χ3v) is 3.07. The Morgan fingerprint density at radius 3 is 2.89 bits per heavy atom. The number of benzene rings is 1. The normalized spacial score (nSPS) is 10.8. The van der Waals surface area contributed by atoms with Gasteiger partial charge < -0.3 is 9.88 Å². The molecule has 0 atom stereocenters. The zero-order valence-electron chi connectivity index (χ0n) is 10.8. The van der Waals surface area contributed by atoms with E-state index in [2.05, 4.69) is 10.3 Å². The van der Waals surface area contributed by atoms with Crippen molar-refractivity contribution in [3.63, 3.8) is 0 Å². The van der Waals surface area contributed by atoms with Gasteiger partial charge in [-0.15, -0.1) is 0 Å². The number of hydrogen-bond donors (Lipinski definition) is 1. The largest absolute Gasteiger partial charge is 0.338 e. The minimum Gasteiger partial charge on any atom is -0.338 e. The molecule has 0 fully saturated rings. The van der Waals surface area contributed by atoms with E-state index in [9.17, 15) is 4.39 Å². The van der Waals surface area contributed by atoms with Crippen LogP contribution in [0.25, 0.3) is 0 Å². The Balaban J connectivity index is 1.80. The van der Waals surface area contributed by atoms with Crippen LogP contribution >= 0.6 is 0 Å². The molecule has 0 bridgehead atoms. The van der Waals surface area contributed by atoms with Gasteiger partial charge in [0, 0.05) is 39.0 Å². The molecule has 1 N–H and O–H groups in total. The van der Waals surface area contributed by atoms with Gasteiger partial charge in [0.15, 0.2) is 0 Å². The molecule has 2 rings (SSSR count). The molecule has 0 aliphatic rings. The van der Waals surface area contributed by atoms with E-state index in [0.717, 1.165) is 36.5 Å². The van der Waals surface area contributed by atoms with Crippen LogP contribution in [-0.2, 0) is 20.0 Å². The zero-order chi connectivity index (χ0) is 13.0. The second-order valence-electron chi connectivity index (χ2n) is 4.45. The van der Waals surface area contributed by atoms with Crippen LogP contribution in [0.2, 0.25) is 0 Å². The maximum Gasteiger partial charge on any atom is 0.123 e. The molecule has 2 aromatic rings.